The monoisotopic (exact) mass is 287 g/mol. The largest absolute Gasteiger partial charge is 0.368 e. The molecule has 1 atom stereocenters. The number of fused-ring (bicyclic) bond motifs is 1. The summed E-state index contributed by atoms with van der Waals surface area (Å²) in [6, 6.07) is 7.19. The summed E-state index contributed by atoms with van der Waals surface area (Å²) >= 11 is 0. The molecule has 1 fully saturated rings. The van der Waals surface area contributed by atoms with Crippen molar-refractivity contribution in [1.82, 2.24) is 14.9 Å². The summed E-state index contributed by atoms with van der Waals surface area (Å²) in [4.78, 5) is 28.6. The number of carbonyl (C=O) groups excluding carboxylic acids is 1. The molecule has 1 aromatic carbocycles. The summed E-state index contributed by atoms with van der Waals surface area (Å²) in [5.74, 6) is 0.389. The number of para-hydroxylation sites is 1. The second-order valence-electron chi connectivity index (χ2n) is 5.13. The molecule has 21 heavy (non-hydrogen) atoms. The Balaban J connectivity index is 1.82. The molecule has 1 amide bonds. The fraction of sp³-hybridized carbons (Fsp3) is 0.400. The van der Waals surface area contributed by atoms with E-state index in [9.17, 15) is 9.59 Å². The summed E-state index contributed by atoms with van der Waals surface area (Å²) in [7, 11) is 1.66. The molecule has 0 radical (unpaired) electrons. The number of hydrogen-bond acceptors (Lipinski definition) is 4. The van der Waals surface area contributed by atoms with E-state index in [1.165, 1.54) is 4.57 Å². The van der Waals surface area contributed by atoms with Gasteiger partial charge in [-0.1, -0.05) is 12.1 Å². The highest BCUT2D eigenvalue weighted by molar-refractivity contribution is 5.81. The van der Waals surface area contributed by atoms with Crippen LogP contribution in [0.5, 0.6) is 0 Å². The Kier molecular flexibility index (Phi) is 3.70. The number of hydrogen-bond donors (Lipinski definition) is 1. The summed E-state index contributed by atoms with van der Waals surface area (Å²) in [5.41, 5.74) is 0.531. The van der Waals surface area contributed by atoms with Crippen molar-refractivity contribution in [3.63, 3.8) is 0 Å². The van der Waals surface area contributed by atoms with Crippen LogP contribution in [0, 0.1) is 0 Å². The molecular weight excluding hydrogens is 270 g/mol. The lowest BCUT2D eigenvalue weighted by atomic mass is 10.2. The molecule has 0 saturated carbocycles. The molecular formula is C15H17N3O3. The predicted octanol–water partition coefficient (Wildman–Crippen LogP) is 0.729. The van der Waals surface area contributed by atoms with E-state index < -0.39 is 0 Å². The molecule has 110 valence electrons. The lowest BCUT2D eigenvalue weighted by Crippen LogP contribution is -2.35. The molecule has 0 bridgehead atoms. The van der Waals surface area contributed by atoms with E-state index in [1.807, 2.05) is 12.1 Å². The van der Waals surface area contributed by atoms with E-state index in [0.29, 0.717) is 23.3 Å². The topological polar surface area (TPSA) is 73.2 Å². The van der Waals surface area contributed by atoms with E-state index in [4.69, 9.17) is 4.74 Å². The van der Waals surface area contributed by atoms with Crippen molar-refractivity contribution in [3.05, 3.63) is 40.4 Å². The number of amides is 1. The van der Waals surface area contributed by atoms with Gasteiger partial charge < -0.3 is 10.1 Å². The summed E-state index contributed by atoms with van der Waals surface area (Å²) in [6.45, 7) is 0.847. The number of benzene rings is 1. The van der Waals surface area contributed by atoms with Crippen molar-refractivity contribution in [2.75, 3.05) is 6.61 Å². The molecule has 0 aliphatic carbocycles. The molecule has 2 aromatic rings. The van der Waals surface area contributed by atoms with Gasteiger partial charge in [-0.15, -0.1) is 0 Å². The number of rotatable bonds is 3. The van der Waals surface area contributed by atoms with Crippen LogP contribution in [0.15, 0.2) is 29.1 Å². The quantitative estimate of drug-likeness (QED) is 0.903. The predicted molar refractivity (Wildman–Crippen MR) is 77.8 cm³/mol. The third-order valence-corrected chi connectivity index (χ3v) is 3.72. The highest BCUT2D eigenvalue weighted by Gasteiger charge is 2.23. The Labute approximate surface area is 121 Å². The third kappa shape index (κ3) is 2.67. The van der Waals surface area contributed by atoms with Gasteiger partial charge in [0, 0.05) is 13.7 Å². The first-order valence-corrected chi connectivity index (χ1v) is 7.01. The van der Waals surface area contributed by atoms with Gasteiger partial charge >= 0.3 is 0 Å². The zero-order valence-electron chi connectivity index (χ0n) is 11.8. The van der Waals surface area contributed by atoms with Gasteiger partial charge in [-0.25, -0.2) is 4.98 Å². The van der Waals surface area contributed by atoms with Crippen molar-refractivity contribution >= 4 is 16.8 Å². The van der Waals surface area contributed by atoms with Crippen molar-refractivity contribution in [1.29, 1.82) is 0 Å². The maximum absolute atomic E-state index is 12.2. The van der Waals surface area contributed by atoms with Gasteiger partial charge in [-0.3, -0.25) is 14.2 Å². The molecule has 1 aromatic heterocycles. The van der Waals surface area contributed by atoms with Crippen molar-refractivity contribution in [2.24, 2.45) is 7.05 Å². The van der Waals surface area contributed by atoms with Gasteiger partial charge in [0.25, 0.3) is 5.56 Å². The lowest BCUT2D eigenvalue weighted by molar-refractivity contribution is -0.130. The third-order valence-electron chi connectivity index (χ3n) is 3.72. The number of nitrogens with one attached hydrogen (secondary N) is 1. The number of ether oxygens (including phenoxy) is 1. The van der Waals surface area contributed by atoms with Crippen molar-refractivity contribution in [3.8, 4) is 0 Å². The molecule has 6 nitrogen and oxygen atoms in total. The maximum atomic E-state index is 12.2. The molecule has 1 unspecified atom stereocenters. The van der Waals surface area contributed by atoms with Crippen LogP contribution in [0.4, 0.5) is 0 Å². The number of carbonyl (C=O) groups is 1. The standard InChI is InChI=1S/C15H17N3O3/c1-18-13(9-16-14(19)12-7-4-8-21-12)17-11-6-3-2-5-10(11)15(18)20/h2-3,5-6,12H,4,7-9H2,1H3,(H,16,19). The van der Waals surface area contributed by atoms with Crippen LogP contribution in [0.1, 0.15) is 18.7 Å². The van der Waals surface area contributed by atoms with Crippen LogP contribution in [-0.4, -0.2) is 28.2 Å². The second kappa shape index (κ2) is 5.65. The van der Waals surface area contributed by atoms with Crippen molar-refractivity contribution < 1.29 is 9.53 Å². The van der Waals surface area contributed by atoms with E-state index in [-0.39, 0.29) is 24.1 Å². The average Bonchev–Trinajstić information content (AvgIpc) is 3.03. The zero-order valence-corrected chi connectivity index (χ0v) is 11.8. The van der Waals surface area contributed by atoms with E-state index >= 15 is 0 Å². The van der Waals surface area contributed by atoms with Crippen LogP contribution in [0.25, 0.3) is 10.9 Å². The normalized spacial score (nSPS) is 18.0. The van der Waals surface area contributed by atoms with Gasteiger partial charge in [0.2, 0.25) is 5.91 Å². The first-order valence-electron chi connectivity index (χ1n) is 7.01. The van der Waals surface area contributed by atoms with Gasteiger partial charge in [0.15, 0.2) is 0 Å². The van der Waals surface area contributed by atoms with Gasteiger partial charge in [-0.05, 0) is 25.0 Å². The number of nitrogens with zero attached hydrogens (tertiary/aromatic N) is 2. The molecule has 6 heteroatoms. The molecule has 3 rings (SSSR count). The highest BCUT2D eigenvalue weighted by atomic mass is 16.5. The minimum absolute atomic E-state index is 0.109. The molecule has 0 spiro atoms. The van der Waals surface area contributed by atoms with Crippen LogP contribution in [0.2, 0.25) is 0 Å². The number of aromatic nitrogens is 2. The lowest BCUT2D eigenvalue weighted by Gasteiger charge is -2.12. The van der Waals surface area contributed by atoms with Crippen LogP contribution in [-0.2, 0) is 23.1 Å². The fourth-order valence-electron chi connectivity index (χ4n) is 2.49. The Morgan fingerprint density at radius 3 is 3.05 bits per heavy atom. The maximum Gasteiger partial charge on any atom is 0.261 e. The minimum Gasteiger partial charge on any atom is -0.368 e. The molecule has 2 heterocycles. The fourth-order valence-corrected chi connectivity index (χ4v) is 2.49. The van der Waals surface area contributed by atoms with Crippen LogP contribution in [0.3, 0.4) is 0 Å². The SMILES string of the molecule is Cn1c(CNC(=O)C2CCCO2)nc2ccccc2c1=O. The zero-order chi connectivity index (χ0) is 14.8. The molecule has 1 saturated heterocycles. The summed E-state index contributed by atoms with van der Waals surface area (Å²) in [6.07, 6.45) is 1.28. The molecule has 1 N–H and O–H groups in total. The van der Waals surface area contributed by atoms with E-state index in [2.05, 4.69) is 10.3 Å². The van der Waals surface area contributed by atoms with Gasteiger partial charge in [0.05, 0.1) is 17.4 Å². The first kappa shape index (κ1) is 13.8. The summed E-state index contributed by atoms with van der Waals surface area (Å²) in [5, 5.41) is 3.37. The van der Waals surface area contributed by atoms with Crippen LogP contribution < -0.4 is 10.9 Å². The van der Waals surface area contributed by atoms with Gasteiger partial charge in [-0.2, -0.15) is 0 Å². The van der Waals surface area contributed by atoms with Crippen molar-refractivity contribution in [2.45, 2.75) is 25.5 Å². The Morgan fingerprint density at radius 2 is 2.29 bits per heavy atom. The minimum atomic E-state index is -0.373. The molecule has 1 aliphatic heterocycles. The van der Waals surface area contributed by atoms with Crippen LogP contribution >= 0.6 is 0 Å². The van der Waals surface area contributed by atoms with E-state index in [0.717, 1.165) is 12.8 Å². The Hall–Kier alpha value is -2.21. The second-order valence-corrected chi connectivity index (χ2v) is 5.13. The Bertz CT molecular complexity index is 733. The van der Waals surface area contributed by atoms with Gasteiger partial charge in [0.1, 0.15) is 11.9 Å². The Morgan fingerprint density at radius 1 is 1.48 bits per heavy atom. The average molecular weight is 287 g/mol. The summed E-state index contributed by atoms with van der Waals surface area (Å²) < 4.78 is 6.80. The first-order chi connectivity index (χ1) is 10.2. The smallest absolute Gasteiger partial charge is 0.261 e. The van der Waals surface area contributed by atoms with E-state index in [1.54, 1.807) is 19.2 Å². The molecule has 1 aliphatic rings. The highest BCUT2D eigenvalue weighted by Crippen LogP contribution is 2.12.